The fourth-order valence-corrected chi connectivity index (χ4v) is 3.08. The Bertz CT molecular complexity index is 893. The van der Waals surface area contributed by atoms with Crippen LogP contribution in [0.2, 0.25) is 0 Å². The zero-order valence-electron chi connectivity index (χ0n) is 15.3. The number of aromatic amines is 1. The fraction of sp³-hybridized carbons (Fsp3) is 0.421. The number of carbonyl (C=O) groups is 1. The number of nitrogens with one attached hydrogen (secondary N) is 1. The third-order valence-corrected chi connectivity index (χ3v) is 4.52. The van der Waals surface area contributed by atoms with E-state index in [0.717, 1.165) is 19.4 Å². The first-order chi connectivity index (χ1) is 13.0. The van der Waals surface area contributed by atoms with Crippen LogP contribution in [0.5, 0.6) is 0 Å². The Hall–Kier alpha value is -2.74. The van der Waals surface area contributed by atoms with Gasteiger partial charge in [-0.25, -0.2) is 9.07 Å². The van der Waals surface area contributed by atoms with Crippen molar-refractivity contribution in [3.8, 4) is 5.69 Å². The Kier molecular flexibility index (Phi) is 5.85. The monoisotopic (exact) mass is 375 g/mol. The Labute approximate surface area is 155 Å². The van der Waals surface area contributed by atoms with Crippen LogP contribution in [0.4, 0.5) is 4.39 Å². The summed E-state index contributed by atoms with van der Waals surface area (Å²) >= 11 is 0. The SMILES string of the molecule is COC(=O)Cc1[nH]n(-c2ccc(F)cc2)c(=O)c1C(C)=NC[C@H]1CCCO1. The van der Waals surface area contributed by atoms with Crippen molar-refractivity contribution in [1.82, 2.24) is 9.78 Å². The lowest BCUT2D eigenvalue weighted by Crippen LogP contribution is -2.21. The molecular weight excluding hydrogens is 353 g/mol. The zero-order valence-corrected chi connectivity index (χ0v) is 15.3. The lowest BCUT2D eigenvalue weighted by atomic mass is 10.1. The second-order valence-corrected chi connectivity index (χ2v) is 6.40. The summed E-state index contributed by atoms with van der Waals surface area (Å²) in [6.45, 7) is 2.92. The summed E-state index contributed by atoms with van der Waals surface area (Å²) < 4.78 is 24.7. The second-order valence-electron chi connectivity index (χ2n) is 6.40. The van der Waals surface area contributed by atoms with E-state index in [1.807, 2.05) is 0 Å². The van der Waals surface area contributed by atoms with Gasteiger partial charge in [0.2, 0.25) is 0 Å². The summed E-state index contributed by atoms with van der Waals surface area (Å²) in [7, 11) is 1.29. The van der Waals surface area contributed by atoms with E-state index in [4.69, 9.17) is 9.47 Å². The molecule has 0 spiro atoms. The van der Waals surface area contributed by atoms with Gasteiger partial charge in [-0.3, -0.25) is 19.7 Å². The van der Waals surface area contributed by atoms with E-state index < -0.39 is 11.8 Å². The van der Waals surface area contributed by atoms with Crippen LogP contribution in [0.15, 0.2) is 34.1 Å². The molecular formula is C19H22FN3O4. The average Bonchev–Trinajstić information content (AvgIpc) is 3.28. The largest absolute Gasteiger partial charge is 0.469 e. The minimum Gasteiger partial charge on any atom is -0.469 e. The molecule has 0 unspecified atom stereocenters. The number of benzene rings is 1. The number of aliphatic imine (C=N–C) groups is 1. The van der Waals surface area contributed by atoms with Crippen molar-refractivity contribution in [3.63, 3.8) is 0 Å². The molecule has 1 fully saturated rings. The van der Waals surface area contributed by atoms with Gasteiger partial charge >= 0.3 is 5.97 Å². The maximum absolute atomic E-state index is 13.2. The van der Waals surface area contributed by atoms with Gasteiger partial charge in [-0.2, -0.15) is 0 Å². The maximum atomic E-state index is 13.2. The predicted octanol–water partition coefficient (Wildman–Crippen LogP) is 2.01. The molecule has 1 N–H and O–H groups in total. The summed E-state index contributed by atoms with van der Waals surface area (Å²) in [5, 5.41) is 2.93. The number of esters is 1. The number of hydrogen-bond acceptors (Lipinski definition) is 5. The Morgan fingerprint density at radius 1 is 1.41 bits per heavy atom. The van der Waals surface area contributed by atoms with Crippen LogP contribution < -0.4 is 5.56 Å². The van der Waals surface area contributed by atoms with Gasteiger partial charge in [0.05, 0.1) is 43.1 Å². The van der Waals surface area contributed by atoms with Crippen molar-refractivity contribution in [2.24, 2.45) is 4.99 Å². The van der Waals surface area contributed by atoms with Crippen molar-refractivity contribution in [3.05, 3.63) is 51.7 Å². The molecule has 1 aliphatic rings. The number of nitrogens with zero attached hydrogens (tertiary/aromatic N) is 2. The summed E-state index contributed by atoms with van der Waals surface area (Å²) in [5.41, 5.74) is 1.36. The number of rotatable bonds is 6. The minimum absolute atomic E-state index is 0.0577. The second kappa shape index (κ2) is 8.30. The van der Waals surface area contributed by atoms with E-state index in [1.165, 1.54) is 36.1 Å². The topological polar surface area (TPSA) is 85.7 Å². The van der Waals surface area contributed by atoms with Crippen molar-refractivity contribution < 1.29 is 18.7 Å². The first-order valence-corrected chi connectivity index (χ1v) is 8.79. The average molecular weight is 375 g/mol. The van der Waals surface area contributed by atoms with Gasteiger partial charge in [0, 0.05) is 12.3 Å². The van der Waals surface area contributed by atoms with Crippen LogP contribution in [0.1, 0.15) is 31.0 Å². The Morgan fingerprint density at radius 2 is 2.15 bits per heavy atom. The Morgan fingerprint density at radius 3 is 2.78 bits per heavy atom. The number of halogens is 1. The maximum Gasteiger partial charge on any atom is 0.311 e. The van der Waals surface area contributed by atoms with E-state index in [0.29, 0.717) is 29.2 Å². The molecule has 144 valence electrons. The summed E-state index contributed by atoms with van der Waals surface area (Å²) in [6, 6.07) is 5.50. The van der Waals surface area contributed by atoms with Crippen molar-refractivity contribution in [1.29, 1.82) is 0 Å². The van der Waals surface area contributed by atoms with Gasteiger partial charge < -0.3 is 9.47 Å². The van der Waals surface area contributed by atoms with Gasteiger partial charge in [0.25, 0.3) is 5.56 Å². The first kappa shape index (κ1) is 19.0. The predicted molar refractivity (Wildman–Crippen MR) is 98.1 cm³/mol. The van der Waals surface area contributed by atoms with Crippen molar-refractivity contribution in [2.75, 3.05) is 20.3 Å². The van der Waals surface area contributed by atoms with Crippen LogP contribution in [-0.2, 0) is 20.7 Å². The summed E-state index contributed by atoms with van der Waals surface area (Å²) in [4.78, 5) is 29.2. The highest BCUT2D eigenvalue weighted by atomic mass is 19.1. The molecule has 1 aliphatic heterocycles. The first-order valence-electron chi connectivity index (χ1n) is 8.79. The molecule has 1 saturated heterocycles. The van der Waals surface area contributed by atoms with Crippen molar-refractivity contribution >= 4 is 11.7 Å². The smallest absolute Gasteiger partial charge is 0.311 e. The van der Waals surface area contributed by atoms with Crippen LogP contribution >= 0.6 is 0 Å². The van der Waals surface area contributed by atoms with Gasteiger partial charge in [-0.1, -0.05) is 0 Å². The molecule has 2 heterocycles. The van der Waals surface area contributed by atoms with E-state index in [-0.39, 0.29) is 18.1 Å². The number of hydrogen-bond donors (Lipinski definition) is 1. The van der Waals surface area contributed by atoms with Gasteiger partial charge in [0.15, 0.2) is 0 Å². The van der Waals surface area contributed by atoms with E-state index in [1.54, 1.807) is 6.92 Å². The van der Waals surface area contributed by atoms with Crippen LogP contribution in [0.25, 0.3) is 5.69 Å². The number of H-pyrrole nitrogens is 1. The molecule has 0 saturated carbocycles. The van der Waals surface area contributed by atoms with Crippen LogP contribution in [0.3, 0.4) is 0 Å². The fourth-order valence-electron chi connectivity index (χ4n) is 3.08. The molecule has 7 nitrogen and oxygen atoms in total. The number of carbonyl (C=O) groups excluding carboxylic acids is 1. The number of methoxy groups -OCH3 is 1. The lowest BCUT2D eigenvalue weighted by Gasteiger charge is -2.06. The molecule has 0 aliphatic carbocycles. The quantitative estimate of drug-likeness (QED) is 0.618. The zero-order chi connectivity index (χ0) is 19.4. The highest BCUT2D eigenvalue weighted by molar-refractivity contribution is 6.00. The molecule has 8 heteroatoms. The van der Waals surface area contributed by atoms with Gasteiger partial charge in [-0.15, -0.1) is 0 Å². The highest BCUT2D eigenvalue weighted by Crippen LogP contribution is 2.14. The summed E-state index contributed by atoms with van der Waals surface area (Å²) in [5.74, 6) is -0.877. The summed E-state index contributed by atoms with van der Waals surface area (Å²) in [6.07, 6.45) is 1.91. The number of ether oxygens (including phenoxy) is 2. The molecule has 2 aromatic rings. The minimum atomic E-state index is -0.476. The molecule has 1 aromatic heterocycles. The number of aromatic nitrogens is 2. The van der Waals surface area contributed by atoms with Crippen LogP contribution in [0, 0.1) is 5.82 Å². The van der Waals surface area contributed by atoms with E-state index in [2.05, 4.69) is 10.1 Å². The van der Waals surface area contributed by atoms with Gasteiger partial charge in [-0.05, 0) is 44.0 Å². The third kappa shape index (κ3) is 4.33. The molecule has 27 heavy (non-hydrogen) atoms. The van der Waals surface area contributed by atoms with Crippen LogP contribution in [-0.4, -0.2) is 47.8 Å². The normalized spacial score (nSPS) is 17.3. The van der Waals surface area contributed by atoms with E-state index in [9.17, 15) is 14.0 Å². The van der Waals surface area contributed by atoms with E-state index >= 15 is 0 Å². The molecule has 1 aromatic carbocycles. The highest BCUT2D eigenvalue weighted by Gasteiger charge is 2.21. The Balaban J connectivity index is 1.98. The molecule has 3 rings (SSSR count). The van der Waals surface area contributed by atoms with Gasteiger partial charge in [0.1, 0.15) is 5.82 Å². The lowest BCUT2D eigenvalue weighted by molar-refractivity contribution is -0.139. The molecule has 0 amide bonds. The molecule has 0 radical (unpaired) electrons. The third-order valence-electron chi connectivity index (χ3n) is 4.52. The molecule has 1 atom stereocenters. The van der Waals surface area contributed by atoms with Crippen molar-refractivity contribution in [2.45, 2.75) is 32.3 Å². The standard InChI is InChI=1S/C19H22FN3O4/c1-12(21-11-15-4-3-9-27-15)18-16(10-17(24)26-2)22-23(19(18)25)14-7-5-13(20)6-8-14/h5-8,15,22H,3-4,9-11H2,1-2H3/t15-/m1/s1. The molecule has 0 bridgehead atoms.